The Balaban J connectivity index is 2.12. The normalized spacial score (nSPS) is 29.9. The van der Waals surface area contributed by atoms with Crippen LogP contribution in [0, 0.1) is 24.2 Å². The van der Waals surface area contributed by atoms with Crippen molar-refractivity contribution in [3.05, 3.63) is 12.2 Å². The smallest absolute Gasteiger partial charge is 0.231 e. The van der Waals surface area contributed by atoms with Gasteiger partial charge in [-0.1, -0.05) is 38.8 Å². The van der Waals surface area contributed by atoms with E-state index in [-0.39, 0.29) is 29.0 Å². The second kappa shape index (κ2) is 5.54. The molecule has 0 aromatic carbocycles. The number of likely N-dealkylation sites (tertiary alicyclic amines) is 1. The van der Waals surface area contributed by atoms with Gasteiger partial charge in [0.15, 0.2) is 8.32 Å². The fraction of sp³-hybridized carbons (Fsp3) is 0.722. The van der Waals surface area contributed by atoms with Gasteiger partial charge in [-0.2, -0.15) is 0 Å². The third-order valence-corrected chi connectivity index (χ3v) is 10.2. The van der Waals surface area contributed by atoms with Gasteiger partial charge in [0.2, 0.25) is 5.91 Å². The lowest BCUT2D eigenvalue weighted by Gasteiger charge is -2.51. The van der Waals surface area contributed by atoms with Crippen LogP contribution in [0.5, 0.6) is 0 Å². The SMILES string of the molecule is C#CCN1C(=O)[C@H]([C@@H](C)O[Si](C)(C)C(C)(C)C)[C@H]1[C@H]1CC1=C. The van der Waals surface area contributed by atoms with E-state index in [1.807, 2.05) is 4.90 Å². The van der Waals surface area contributed by atoms with E-state index < -0.39 is 8.32 Å². The molecule has 2 rings (SSSR count). The van der Waals surface area contributed by atoms with E-state index in [4.69, 9.17) is 10.8 Å². The van der Waals surface area contributed by atoms with E-state index in [1.165, 1.54) is 5.57 Å². The van der Waals surface area contributed by atoms with Crippen molar-refractivity contribution in [3.8, 4) is 12.3 Å². The molecular weight excluding hydrogens is 290 g/mol. The maximum atomic E-state index is 12.5. The van der Waals surface area contributed by atoms with Crippen LogP contribution in [0.1, 0.15) is 34.1 Å². The molecule has 0 bridgehead atoms. The summed E-state index contributed by atoms with van der Waals surface area (Å²) in [6, 6.07) is 0.191. The molecule has 4 heteroatoms. The number of hydrogen-bond donors (Lipinski definition) is 0. The predicted octanol–water partition coefficient (Wildman–Crippen LogP) is 3.43. The fourth-order valence-corrected chi connectivity index (χ4v) is 4.55. The highest BCUT2D eigenvalue weighted by Gasteiger charge is 2.58. The summed E-state index contributed by atoms with van der Waals surface area (Å²) in [7, 11) is -1.88. The summed E-state index contributed by atoms with van der Waals surface area (Å²) in [5, 5.41) is 0.144. The largest absolute Gasteiger partial charge is 0.413 e. The van der Waals surface area contributed by atoms with Crippen molar-refractivity contribution in [2.24, 2.45) is 11.8 Å². The zero-order valence-corrected chi connectivity index (χ0v) is 15.8. The second-order valence-corrected chi connectivity index (χ2v) is 13.0. The van der Waals surface area contributed by atoms with Crippen LogP contribution in [-0.4, -0.2) is 37.8 Å². The number of amides is 1. The molecule has 22 heavy (non-hydrogen) atoms. The second-order valence-electron chi connectivity index (χ2n) is 8.24. The van der Waals surface area contributed by atoms with Crippen LogP contribution < -0.4 is 0 Å². The molecule has 0 unspecified atom stereocenters. The lowest BCUT2D eigenvalue weighted by molar-refractivity contribution is -0.163. The molecular formula is C18H29NO2Si. The molecule has 0 aromatic heterocycles. The van der Waals surface area contributed by atoms with Gasteiger partial charge in [-0.15, -0.1) is 6.42 Å². The maximum absolute atomic E-state index is 12.5. The van der Waals surface area contributed by atoms with Gasteiger partial charge in [-0.3, -0.25) is 4.79 Å². The Morgan fingerprint density at radius 1 is 1.50 bits per heavy atom. The third-order valence-electron chi connectivity index (χ3n) is 5.61. The van der Waals surface area contributed by atoms with Gasteiger partial charge in [0.1, 0.15) is 0 Å². The molecule has 122 valence electrons. The molecule has 3 nitrogen and oxygen atoms in total. The summed E-state index contributed by atoms with van der Waals surface area (Å²) in [6.45, 7) is 17.6. The van der Waals surface area contributed by atoms with Gasteiger partial charge in [0.05, 0.1) is 24.6 Å². The first-order chi connectivity index (χ1) is 10.0. The summed E-state index contributed by atoms with van der Waals surface area (Å²) in [4.78, 5) is 14.3. The fourth-order valence-electron chi connectivity index (χ4n) is 3.12. The van der Waals surface area contributed by atoms with Crippen LogP contribution >= 0.6 is 0 Å². The quantitative estimate of drug-likeness (QED) is 0.336. The van der Waals surface area contributed by atoms with Crippen molar-refractivity contribution in [2.45, 2.75) is 64.4 Å². The van der Waals surface area contributed by atoms with Crippen molar-refractivity contribution < 1.29 is 9.22 Å². The average Bonchev–Trinajstić information content (AvgIpc) is 3.06. The van der Waals surface area contributed by atoms with Crippen LogP contribution in [0.3, 0.4) is 0 Å². The Morgan fingerprint density at radius 2 is 2.05 bits per heavy atom. The number of β-lactam (4-membered cyclic amide) rings is 1. The molecule has 4 atom stereocenters. The summed E-state index contributed by atoms with van der Waals surface area (Å²) in [6.07, 6.45) is 6.37. The number of rotatable bonds is 5. The number of carbonyl (C=O) groups is 1. The monoisotopic (exact) mass is 319 g/mol. The van der Waals surface area contributed by atoms with Gasteiger partial charge < -0.3 is 9.33 Å². The van der Waals surface area contributed by atoms with E-state index in [1.54, 1.807) is 0 Å². The molecule has 0 N–H and O–H groups in total. The standard InChI is InChI=1S/C18H29NO2Si/c1-9-10-19-16(14-11-12(14)2)15(17(19)20)13(3)21-22(7,8)18(4,5)6/h1,13-16H,2,10-11H2,3-8H3/t13-,14+,15-,16-/m1/s1. The molecule has 1 saturated carbocycles. The highest BCUT2D eigenvalue weighted by molar-refractivity contribution is 6.74. The number of hydrogen-bond acceptors (Lipinski definition) is 2. The van der Waals surface area contributed by atoms with Crippen LogP contribution in [0.15, 0.2) is 12.2 Å². The van der Waals surface area contributed by atoms with Gasteiger partial charge in [-0.25, -0.2) is 0 Å². The molecule has 1 aliphatic carbocycles. The minimum absolute atomic E-state index is 0.0548. The highest BCUT2D eigenvalue weighted by atomic mass is 28.4. The third kappa shape index (κ3) is 2.89. The first-order valence-corrected chi connectivity index (χ1v) is 11.0. The molecule has 2 aliphatic rings. The molecule has 0 radical (unpaired) electrons. The van der Waals surface area contributed by atoms with Gasteiger partial charge in [0.25, 0.3) is 0 Å². The lowest BCUT2D eigenvalue weighted by atomic mass is 9.80. The van der Waals surface area contributed by atoms with E-state index in [2.05, 4.69) is 53.3 Å². The molecule has 0 aromatic rings. The Labute approximate surface area is 136 Å². The molecule has 1 amide bonds. The van der Waals surface area contributed by atoms with Gasteiger partial charge in [0, 0.05) is 5.92 Å². The summed E-state index contributed by atoms with van der Waals surface area (Å²) >= 11 is 0. The first-order valence-electron chi connectivity index (χ1n) is 8.10. The van der Waals surface area contributed by atoms with Crippen LogP contribution in [0.2, 0.25) is 18.1 Å². The average molecular weight is 320 g/mol. The Morgan fingerprint density at radius 3 is 2.45 bits per heavy atom. The number of carbonyl (C=O) groups excluding carboxylic acids is 1. The van der Waals surface area contributed by atoms with Crippen molar-refractivity contribution in [1.29, 1.82) is 0 Å². The summed E-state index contributed by atoms with van der Waals surface area (Å²) < 4.78 is 6.46. The zero-order valence-electron chi connectivity index (χ0n) is 14.8. The Kier molecular flexibility index (Phi) is 4.36. The maximum Gasteiger partial charge on any atom is 0.231 e. The van der Waals surface area contributed by atoms with Crippen molar-refractivity contribution in [3.63, 3.8) is 0 Å². The Bertz CT molecular complexity index is 526. The van der Waals surface area contributed by atoms with Crippen LogP contribution in [-0.2, 0) is 9.22 Å². The minimum atomic E-state index is -1.88. The van der Waals surface area contributed by atoms with Crippen LogP contribution in [0.25, 0.3) is 0 Å². The van der Waals surface area contributed by atoms with Crippen LogP contribution in [0.4, 0.5) is 0 Å². The highest BCUT2D eigenvalue weighted by Crippen LogP contribution is 2.50. The van der Waals surface area contributed by atoms with E-state index in [0.717, 1.165) is 6.42 Å². The molecule has 1 saturated heterocycles. The van der Waals surface area contributed by atoms with Crippen molar-refractivity contribution in [2.75, 3.05) is 6.54 Å². The minimum Gasteiger partial charge on any atom is -0.413 e. The first kappa shape index (κ1) is 17.3. The van der Waals surface area contributed by atoms with Crippen molar-refractivity contribution >= 4 is 14.2 Å². The van der Waals surface area contributed by atoms with Gasteiger partial charge >= 0.3 is 0 Å². The topological polar surface area (TPSA) is 29.5 Å². The predicted molar refractivity (Wildman–Crippen MR) is 92.8 cm³/mol. The summed E-state index contributed by atoms with van der Waals surface area (Å²) in [5.41, 5.74) is 1.24. The van der Waals surface area contributed by atoms with E-state index in [9.17, 15) is 4.79 Å². The lowest BCUT2D eigenvalue weighted by Crippen LogP contribution is -2.66. The Hall–Kier alpha value is -1.05. The zero-order chi connectivity index (χ0) is 16.9. The molecule has 1 aliphatic heterocycles. The molecule has 2 fully saturated rings. The molecule has 0 spiro atoms. The van der Waals surface area contributed by atoms with E-state index >= 15 is 0 Å². The number of nitrogens with zero attached hydrogens (tertiary/aromatic N) is 1. The summed E-state index contributed by atoms with van der Waals surface area (Å²) in [5.74, 6) is 3.10. The molecule has 1 heterocycles. The van der Waals surface area contributed by atoms with Crippen molar-refractivity contribution in [1.82, 2.24) is 4.90 Å². The van der Waals surface area contributed by atoms with E-state index in [0.29, 0.717) is 12.5 Å². The number of terminal acetylenes is 1. The van der Waals surface area contributed by atoms with Gasteiger partial charge in [-0.05, 0) is 31.5 Å².